The summed E-state index contributed by atoms with van der Waals surface area (Å²) in [5.74, 6) is -0.181. The molecule has 0 aliphatic carbocycles. The summed E-state index contributed by atoms with van der Waals surface area (Å²) in [6.45, 7) is 12.2. The van der Waals surface area contributed by atoms with E-state index in [2.05, 4.69) is 18.7 Å². The van der Waals surface area contributed by atoms with Crippen LogP contribution in [0.3, 0.4) is 0 Å². The molecule has 166 valence electrons. The van der Waals surface area contributed by atoms with Crippen molar-refractivity contribution >= 4 is 11.7 Å². The highest BCUT2D eigenvalue weighted by atomic mass is 16.5. The Kier molecular flexibility index (Phi) is 7.53. The van der Waals surface area contributed by atoms with Gasteiger partial charge in [0.2, 0.25) is 0 Å². The number of benzene rings is 1. The number of rotatable bonds is 9. The molecular weight excluding hydrogens is 384 g/mol. The van der Waals surface area contributed by atoms with E-state index in [-0.39, 0.29) is 11.4 Å². The van der Waals surface area contributed by atoms with Crippen LogP contribution >= 0.6 is 0 Å². The first kappa shape index (κ1) is 23.7. The molecule has 0 saturated heterocycles. The fraction of sp³-hybridized carbons (Fsp3) is 0.565. The molecule has 1 aliphatic heterocycles. The number of ether oxygens (including phenoxy) is 2. The van der Waals surface area contributed by atoms with Crippen LogP contribution in [-0.2, 0) is 9.59 Å². The van der Waals surface area contributed by atoms with E-state index in [1.54, 1.807) is 51.0 Å². The number of aliphatic hydroxyl groups excluding tert-OH is 1. The van der Waals surface area contributed by atoms with Crippen molar-refractivity contribution in [1.82, 2.24) is 9.80 Å². The van der Waals surface area contributed by atoms with Crippen LogP contribution in [0.15, 0.2) is 29.5 Å². The summed E-state index contributed by atoms with van der Waals surface area (Å²) < 4.78 is 10.7. The van der Waals surface area contributed by atoms with Crippen LogP contribution in [0, 0.1) is 5.41 Å². The Labute approximate surface area is 179 Å². The zero-order valence-corrected chi connectivity index (χ0v) is 19.1. The normalized spacial score (nSPS) is 17.1. The Morgan fingerprint density at radius 3 is 2.23 bits per heavy atom. The van der Waals surface area contributed by atoms with Gasteiger partial charge in [0, 0.05) is 18.5 Å². The number of carbonyl (C=O) groups excluding carboxylic acids is 2. The van der Waals surface area contributed by atoms with Crippen molar-refractivity contribution in [2.75, 3.05) is 40.4 Å². The molecule has 0 aromatic heterocycles. The number of methoxy groups -OCH3 is 2. The lowest BCUT2D eigenvalue weighted by Gasteiger charge is -2.31. The summed E-state index contributed by atoms with van der Waals surface area (Å²) >= 11 is 0. The first-order valence-electron chi connectivity index (χ1n) is 10.3. The molecule has 0 spiro atoms. The second kappa shape index (κ2) is 9.51. The Morgan fingerprint density at radius 2 is 1.73 bits per heavy atom. The molecule has 7 nitrogen and oxygen atoms in total. The molecule has 1 unspecified atom stereocenters. The van der Waals surface area contributed by atoms with Gasteiger partial charge in [-0.2, -0.15) is 0 Å². The molecule has 2 rings (SSSR count). The number of ketones is 1. The van der Waals surface area contributed by atoms with Crippen LogP contribution in [0.1, 0.15) is 46.2 Å². The number of aliphatic hydroxyl groups is 1. The minimum atomic E-state index is -0.743. The van der Waals surface area contributed by atoms with Crippen LogP contribution in [0.2, 0.25) is 0 Å². The minimum absolute atomic E-state index is 0.138. The molecule has 30 heavy (non-hydrogen) atoms. The third kappa shape index (κ3) is 4.61. The van der Waals surface area contributed by atoms with E-state index < -0.39 is 23.1 Å². The van der Waals surface area contributed by atoms with Crippen molar-refractivity contribution in [3.63, 3.8) is 0 Å². The molecule has 7 heteroatoms. The van der Waals surface area contributed by atoms with Gasteiger partial charge in [-0.1, -0.05) is 40.7 Å². The predicted molar refractivity (Wildman–Crippen MR) is 116 cm³/mol. The van der Waals surface area contributed by atoms with Gasteiger partial charge < -0.3 is 24.4 Å². The molecule has 0 radical (unpaired) electrons. The second-order valence-corrected chi connectivity index (χ2v) is 8.38. The summed E-state index contributed by atoms with van der Waals surface area (Å²) in [6.07, 6.45) is 0. The first-order chi connectivity index (χ1) is 14.1. The third-order valence-electron chi connectivity index (χ3n) is 5.50. The molecule has 1 aromatic rings. The minimum Gasteiger partial charge on any atom is -0.503 e. The van der Waals surface area contributed by atoms with E-state index in [9.17, 15) is 14.7 Å². The van der Waals surface area contributed by atoms with E-state index in [1.165, 1.54) is 7.11 Å². The quantitative estimate of drug-likeness (QED) is 0.663. The van der Waals surface area contributed by atoms with Crippen LogP contribution in [0.25, 0.3) is 0 Å². The highest BCUT2D eigenvalue weighted by Crippen LogP contribution is 2.42. The van der Waals surface area contributed by atoms with E-state index in [0.29, 0.717) is 30.2 Å². The lowest BCUT2D eigenvalue weighted by Crippen LogP contribution is -2.39. The molecule has 0 bridgehead atoms. The highest BCUT2D eigenvalue weighted by Gasteiger charge is 2.46. The summed E-state index contributed by atoms with van der Waals surface area (Å²) in [6, 6.07) is 4.63. The van der Waals surface area contributed by atoms with Gasteiger partial charge in [0.25, 0.3) is 5.91 Å². The van der Waals surface area contributed by atoms with Crippen molar-refractivity contribution in [3.05, 3.63) is 35.1 Å². The monoisotopic (exact) mass is 418 g/mol. The number of carbonyl (C=O) groups is 2. The van der Waals surface area contributed by atoms with Gasteiger partial charge in [-0.25, -0.2) is 0 Å². The average Bonchev–Trinajstić information content (AvgIpc) is 2.97. The molecular formula is C23H34N2O5. The van der Waals surface area contributed by atoms with Crippen LogP contribution in [0.5, 0.6) is 11.5 Å². The molecule has 1 aliphatic rings. The standard InChI is InChI=1S/C23H34N2O5/c1-8-24(9-2)12-13-25-19(15-10-11-16(29-6)17(14-15)30-7)18(20(26)22(25)28)21(27)23(3,4)5/h10-11,14,19,26H,8-9,12-13H2,1-7H3. The van der Waals surface area contributed by atoms with Gasteiger partial charge in [-0.3, -0.25) is 9.59 Å². The zero-order chi connectivity index (χ0) is 22.6. The summed E-state index contributed by atoms with van der Waals surface area (Å²) in [4.78, 5) is 30.0. The number of amides is 1. The van der Waals surface area contributed by atoms with Crippen LogP contribution < -0.4 is 9.47 Å². The molecule has 0 fully saturated rings. The summed E-state index contributed by atoms with van der Waals surface area (Å²) in [7, 11) is 3.08. The fourth-order valence-electron chi connectivity index (χ4n) is 3.68. The molecule has 1 N–H and O–H groups in total. The summed E-state index contributed by atoms with van der Waals surface area (Å²) in [5.41, 5.74) is 0.0873. The van der Waals surface area contributed by atoms with Gasteiger partial charge in [0.05, 0.1) is 25.8 Å². The van der Waals surface area contributed by atoms with E-state index in [0.717, 1.165) is 13.1 Å². The molecule has 1 aromatic carbocycles. The third-order valence-corrected chi connectivity index (χ3v) is 5.50. The van der Waals surface area contributed by atoms with Crippen molar-refractivity contribution in [3.8, 4) is 11.5 Å². The van der Waals surface area contributed by atoms with Gasteiger partial charge in [-0.15, -0.1) is 0 Å². The number of hydrogen-bond acceptors (Lipinski definition) is 6. The Bertz CT molecular complexity index is 821. The van der Waals surface area contributed by atoms with Crippen molar-refractivity contribution in [1.29, 1.82) is 0 Å². The van der Waals surface area contributed by atoms with E-state index >= 15 is 0 Å². The summed E-state index contributed by atoms with van der Waals surface area (Å²) in [5, 5.41) is 10.7. The molecule has 0 saturated carbocycles. The fourth-order valence-corrected chi connectivity index (χ4v) is 3.68. The van der Waals surface area contributed by atoms with Crippen LogP contribution in [-0.4, -0.2) is 67.0 Å². The predicted octanol–water partition coefficient (Wildman–Crippen LogP) is 3.36. The molecule has 1 heterocycles. The Hall–Kier alpha value is -2.54. The smallest absolute Gasteiger partial charge is 0.290 e. The van der Waals surface area contributed by atoms with Gasteiger partial charge in [0.15, 0.2) is 23.0 Å². The van der Waals surface area contributed by atoms with Crippen molar-refractivity contribution in [2.24, 2.45) is 5.41 Å². The van der Waals surface area contributed by atoms with E-state index in [4.69, 9.17) is 9.47 Å². The Balaban J connectivity index is 2.56. The average molecular weight is 419 g/mol. The van der Waals surface area contributed by atoms with E-state index in [1.807, 2.05) is 0 Å². The van der Waals surface area contributed by atoms with Crippen LogP contribution in [0.4, 0.5) is 0 Å². The maximum Gasteiger partial charge on any atom is 0.290 e. The van der Waals surface area contributed by atoms with Crippen molar-refractivity contribution in [2.45, 2.75) is 40.7 Å². The maximum absolute atomic E-state index is 13.2. The highest BCUT2D eigenvalue weighted by molar-refractivity contribution is 6.10. The maximum atomic E-state index is 13.2. The number of hydrogen-bond donors (Lipinski definition) is 1. The second-order valence-electron chi connectivity index (χ2n) is 8.38. The van der Waals surface area contributed by atoms with Gasteiger partial charge >= 0.3 is 0 Å². The first-order valence-corrected chi connectivity index (χ1v) is 10.3. The molecule has 1 amide bonds. The Morgan fingerprint density at radius 1 is 1.13 bits per heavy atom. The van der Waals surface area contributed by atoms with Crippen molar-refractivity contribution < 1.29 is 24.2 Å². The largest absolute Gasteiger partial charge is 0.503 e. The SMILES string of the molecule is CCN(CC)CCN1C(=O)C(O)=C(C(=O)C(C)(C)C)C1c1ccc(OC)c(OC)c1. The lowest BCUT2D eigenvalue weighted by molar-refractivity contribution is -0.129. The number of Topliss-reactive ketones (excluding diaryl/α,β-unsaturated/α-hetero) is 1. The van der Waals surface area contributed by atoms with Gasteiger partial charge in [0.1, 0.15) is 0 Å². The zero-order valence-electron chi connectivity index (χ0n) is 19.1. The molecule has 1 atom stereocenters. The number of nitrogens with zero attached hydrogens (tertiary/aromatic N) is 2. The lowest BCUT2D eigenvalue weighted by atomic mass is 9.82. The number of likely N-dealkylation sites (N-methyl/N-ethyl adjacent to an activating group) is 1. The van der Waals surface area contributed by atoms with Gasteiger partial charge in [-0.05, 0) is 30.8 Å². The topological polar surface area (TPSA) is 79.3 Å².